The van der Waals surface area contributed by atoms with E-state index in [1.807, 2.05) is 44.2 Å². The first-order chi connectivity index (χ1) is 17.3. The van der Waals surface area contributed by atoms with E-state index < -0.39 is 18.2 Å². The number of anilines is 1. The molecule has 0 spiro atoms. The van der Waals surface area contributed by atoms with Crippen LogP contribution in [0.1, 0.15) is 42.6 Å². The standard InChI is InChI=1S/C27H34N4O5/c1-18(2)16-31(17-23(32)22(29-27(34)35)14-19-8-4-3-5-9-19)25(33)20-10-11-21-24(15-20)36-26(28-21)30-12-6-7-13-30/h3-5,8-11,15,18,22-23,29,32H,6-7,12-14,16-17H2,1-2H3,(H,34,35)/t22?,23-/m0/s1. The fourth-order valence-corrected chi connectivity index (χ4v) is 4.62. The number of oxazole rings is 1. The number of amides is 2. The van der Waals surface area contributed by atoms with Gasteiger partial charge in [0.25, 0.3) is 11.9 Å². The predicted molar refractivity (Wildman–Crippen MR) is 137 cm³/mol. The van der Waals surface area contributed by atoms with Gasteiger partial charge in [-0.05, 0) is 48.9 Å². The van der Waals surface area contributed by atoms with Gasteiger partial charge in [-0.15, -0.1) is 0 Å². The highest BCUT2D eigenvalue weighted by Gasteiger charge is 2.28. The van der Waals surface area contributed by atoms with Crippen LogP contribution in [0.3, 0.4) is 0 Å². The predicted octanol–water partition coefficient (Wildman–Crippen LogP) is 3.77. The molecular formula is C27H34N4O5. The summed E-state index contributed by atoms with van der Waals surface area (Å²) in [4.78, 5) is 33.2. The third-order valence-corrected chi connectivity index (χ3v) is 6.35. The molecule has 9 heteroatoms. The zero-order valence-electron chi connectivity index (χ0n) is 20.8. The van der Waals surface area contributed by atoms with Crippen molar-refractivity contribution in [2.24, 2.45) is 5.92 Å². The molecule has 192 valence electrons. The Hall–Kier alpha value is -3.59. The Bertz CT molecular complexity index is 1170. The first-order valence-corrected chi connectivity index (χ1v) is 12.5. The second kappa shape index (κ2) is 11.4. The highest BCUT2D eigenvalue weighted by Crippen LogP contribution is 2.26. The van der Waals surface area contributed by atoms with Gasteiger partial charge in [-0.3, -0.25) is 4.79 Å². The molecule has 0 saturated carbocycles. The smallest absolute Gasteiger partial charge is 0.404 e. The third-order valence-electron chi connectivity index (χ3n) is 6.35. The quantitative estimate of drug-likeness (QED) is 0.393. The second-order valence-electron chi connectivity index (χ2n) is 9.79. The number of hydrogen-bond acceptors (Lipinski definition) is 6. The third kappa shape index (κ3) is 6.34. The molecule has 4 rings (SSSR count). The zero-order valence-corrected chi connectivity index (χ0v) is 20.8. The van der Waals surface area contributed by atoms with Crippen LogP contribution in [-0.2, 0) is 6.42 Å². The summed E-state index contributed by atoms with van der Waals surface area (Å²) in [5, 5.41) is 22.8. The zero-order chi connectivity index (χ0) is 25.7. The van der Waals surface area contributed by atoms with Crippen molar-refractivity contribution in [3.05, 3.63) is 59.7 Å². The summed E-state index contributed by atoms with van der Waals surface area (Å²) in [7, 11) is 0. The lowest BCUT2D eigenvalue weighted by molar-refractivity contribution is 0.0509. The van der Waals surface area contributed by atoms with Gasteiger partial charge in [0, 0.05) is 31.7 Å². The molecule has 1 aliphatic heterocycles. The number of nitrogens with one attached hydrogen (secondary N) is 1. The highest BCUT2D eigenvalue weighted by atomic mass is 16.4. The van der Waals surface area contributed by atoms with Crippen LogP contribution < -0.4 is 10.2 Å². The van der Waals surface area contributed by atoms with E-state index >= 15 is 0 Å². The number of fused-ring (bicyclic) bond motifs is 1. The van der Waals surface area contributed by atoms with Gasteiger partial charge in [0.05, 0.1) is 12.1 Å². The lowest BCUT2D eigenvalue weighted by atomic mass is 10.00. The molecule has 2 aromatic carbocycles. The van der Waals surface area contributed by atoms with Gasteiger partial charge in [-0.1, -0.05) is 44.2 Å². The Morgan fingerprint density at radius 3 is 2.50 bits per heavy atom. The van der Waals surface area contributed by atoms with Crippen molar-refractivity contribution in [1.82, 2.24) is 15.2 Å². The molecule has 0 aliphatic carbocycles. The molecule has 1 unspecified atom stereocenters. The molecule has 1 aromatic heterocycles. The normalized spacial score (nSPS) is 15.3. The van der Waals surface area contributed by atoms with Crippen LogP contribution in [0, 0.1) is 5.92 Å². The van der Waals surface area contributed by atoms with Crippen LogP contribution in [0.25, 0.3) is 11.1 Å². The van der Waals surface area contributed by atoms with Gasteiger partial charge in [0.2, 0.25) is 0 Å². The number of carboxylic acid groups (broad SMARTS) is 1. The summed E-state index contributed by atoms with van der Waals surface area (Å²) >= 11 is 0. The second-order valence-corrected chi connectivity index (χ2v) is 9.79. The first kappa shape index (κ1) is 25.5. The van der Waals surface area contributed by atoms with Crippen molar-refractivity contribution in [3.8, 4) is 0 Å². The minimum Gasteiger partial charge on any atom is -0.465 e. The summed E-state index contributed by atoms with van der Waals surface area (Å²) in [6.45, 7) is 6.20. The summed E-state index contributed by atoms with van der Waals surface area (Å²) in [6.07, 6.45) is 0.205. The van der Waals surface area contributed by atoms with Crippen molar-refractivity contribution in [3.63, 3.8) is 0 Å². The Balaban J connectivity index is 1.53. The van der Waals surface area contributed by atoms with E-state index in [4.69, 9.17) is 4.42 Å². The van der Waals surface area contributed by atoms with Gasteiger partial charge in [0.15, 0.2) is 5.58 Å². The summed E-state index contributed by atoms with van der Waals surface area (Å²) in [5.74, 6) is -0.102. The first-order valence-electron chi connectivity index (χ1n) is 12.5. The summed E-state index contributed by atoms with van der Waals surface area (Å²) in [6, 6.07) is 14.4. The van der Waals surface area contributed by atoms with E-state index in [0.29, 0.717) is 35.6 Å². The number of rotatable bonds is 10. The largest absolute Gasteiger partial charge is 0.465 e. The van der Waals surface area contributed by atoms with Gasteiger partial charge < -0.3 is 29.7 Å². The van der Waals surface area contributed by atoms with Gasteiger partial charge in [-0.2, -0.15) is 4.98 Å². The average Bonchev–Trinajstić information content (AvgIpc) is 3.52. The topological polar surface area (TPSA) is 119 Å². The Labute approximate surface area is 210 Å². The van der Waals surface area contributed by atoms with E-state index in [-0.39, 0.29) is 18.4 Å². The SMILES string of the molecule is CC(C)CN(C[C@H](O)C(Cc1ccccc1)NC(=O)O)C(=O)c1ccc2nc(N3CCCC3)oc2c1. The fourth-order valence-electron chi connectivity index (χ4n) is 4.62. The molecule has 2 atom stereocenters. The van der Waals surface area contributed by atoms with Crippen LogP contribution >= 0.6 is 0 Å². The molecule has 9 nitrogen and oxygen atoms in total. The lowest BCUT2D eigenvalue weighted by Crippen LogP contribution is -2.50. The minimum atomic E-state index is -1.22. The molecule has 3 N–H and O–H groups in total. The average molecular weight is 495 g/mol. The van der Waals surface area contributed by atoms with Crippen molar-refractivity contribution in [1.29, 1.82) is 0 Å². The number of aromatic nitrogens is 1. The molecule has 3 aromatic rings. The number of aliphatic hydroxyl groups is 1. The fraction of sp³-hybridized carbons (Fsp3) is 0.444. The molecule has 36 heavy (non-hydrogen) atoms. The molecule has 0 bridgehead atoms. The molecule has 1 saturated heterocycles. The maximum absolute atomic E-state index is 13.5. The van der Waals surface area contributed by atoms with Crippen LogP contribution in [0.2, 0.25) is 0 Å². The van der Waals surface area contributed by atoms with E-state index in [9.17, 15) is 19.8 Å². The number of aliphatic hydroxyl groups excluding tert-OH is 1. The maximum atomic E-state index is 13.5. The van der Waals surface area contributed by atoms with E-state index in [2.05, 4.69) is 15.2 Å². The van der Waals surface area contributed by atoms with Crippen molar-refractivity contribution >= 4 is 29.1 Å². The van der Waals surface area contributed by atoms with Crippen LogP contribution in [0.5, 0.6) is 0 Å². The molecule has 0 radical (unpaired) electrons. The van der Waals surface area contributed by atoms with E-state index in [1.165, 1.54) is 0 Å². The highest BCUT2D eigenvalue weighted by molar-refractivity contribution is 5.97. The van der Waals surface area contributed by atoms with Crippen LogP contribution in [0.4, 0.5) is 10.8 Å². The van der Waals surface area contributed by atoms with E-state index in [1.54, 1.807) is 23.1 Å². The molecule has 2 amide bonds. The molecule has 1 aliphatic rings. The van der Waals surface area contributed by atoms with Crippen LogP contribution in [0.15, 0.2) is 52.9 Å². The van der Waals surface area contributed by atoms with Crippen molar-refractivity contribution in [2.75, 3.05) is 31.1 Å². The monoisotopic (exact) mass is 494 g/mol. The molecule has 1 fully saturated rings. The number of hydrogen-bond donors (Lipinski definition) is 3. The van der Waals surface area contributed by atoms with Crippen molar-refractivity contribution in [2.45, 2.75) is 45.3 Å². The van der Waals surface area contributed by atoms with Crippen LogP contribution in [-0.4, -0.2) is 70.4 Å². The Morgan fingerprint density at radius 2 is 1.83 bits per heavy atom. The Morgan fingerprint density at radius 1 is 1.11 bits per heavy atom. The minimum absolute atomic E-state index is 0.0116. The van der Waals surface area contributed by atoms with Gasteiger partial charge in [-0.25, -0.2) is 4.79 Å². The number of nitrogens with zero attached hydrogens (tertiary/aromatic N) is 3. The number of carbonyl (C=O) groups is 2. The van der Waals surface area contributed by atoms with E-state index in [0.717, 1.165) is 31.5 Å². The summed E-state index contributed by atoms with van der Waals surface area (Å²) < 4.78 is 5.95. The maximum Gasteiger partial charge on any atom is 0.404 e. The van der Waals surface area contributed by atoms with Gasteiger partial charge >= 0.3 is 6.09 Å². The number of carbonyl (C=O) groups excluding carboxylic acids is 1. The molecular weight excluding hydrogens is 460 g/mol. The summed E-state index contributed by atoms with van der Waals surface area (Å²) in [5.41, 5.74) is 2.56. The van der Waals surface area contributed by atoms with Crippen molar-refractivity contribution < 1.29 is 24.2 Å². The molecule has 2 heterocycles. The van der Waals surface area contributed by atoms with Gasteiger partial charge in [0.1, 0.15) is 5.52 Å². The Kier molecular flexibility index (Phi) is 8.10. The number of benzene rings is 2. The lowest BCUT2D eigenvalue weighted by Gasteiger charge is -2.31.